The summed E-state index contributed by atoms with van der Waals surface area (Å²) >= 11 is 0. The Hall–Kier alpha value is -3.01. The Morgan fingerprint density at radius 3 is 2.59 bits per heavy atom. The van der Waals surface area contributed by atoms with Crippen molar-refractivity contribution in [3.8, 4) is 11.5 Å². The number of likely N-dealkylation sites (N-methyl/N-ethyl adjacent to an activating group) is 1. The lowest BCUT2D eigenvalue weighted by Crippen LogP contribution is -2.31. The molecule has 0 radical (unpaired) electrons. The van der Waals surface area contributed by atoms with Gasteiger partial charge in [0, 0.05) is 13.1 Å². The van der Waals surface area contributed by atoms with Gasteiger partial charge in [-0.05, 0) is 41.0 Å². The van der Waals surface area contributed by atoms with Crippen molar-refractivity contribution in [2.24, 2.45) is 0 Å². The van der Waals surface area contributed by atoms with E-state index in [9.17, 15) is 4.79 Å². The van der Waals surface area contributed by atoms with Crippen LogP contribution in [0.1, 0.15) is 18.1 Å². The summed E-state index contributed by atoms with van der Waals surface area (Å²) in [6, 6.07) is 20.2. The Bertz CT molecular complexity index is 961. The Labute approximate surface area is 159 Å². The molecule has 0 aromatic heterocycles. The third kappa shape index (κ3) is 3.75. The quantitative estimate of drug-likeness (QED) is 0.684. The molecule has 0 spiro atoms. The molecule has 0 aliphatic carbocycles. The average molecular weight is 361 g/mol. The summed E-state index contributed by atoms with van der Waals surface area (Å²) in [4.78, 5) is 14.8. The van der Waals surface area contributed by atoms with E-state index in [1.54, 1.807) is 0 Å². The SMILES string of the molecule is CCN(Cc1ccc2c(c1)OCCO2)C(=O)Cc1cccc2ccccc12. The molecule has 3 aromatic rings. The van der Waals surface area contributed by atoms with Crippen molar-refractivity contribution in [1.29, 1.82) is 0 Å². The second-order valence-electron chi connectivity index (χ2n) is 6.70. The zero-order valence-electron chi connectivity index (χ0n) is 15.5. The summed E-state index contributed by atoms with van der Waals surface area (Å²) in [5.74, 6) is 1.66. The lowest BCUT2D eigenvalue weighted by atomic mass is 10.0. The molecule has 0 bridgehead atoms. The highest BCUT2D eigenvalue weighted by molar-refractivity contribution is 5.90. The summed E-state index contributed by atoms with van der Waals surface area (Å²) < 4.78 is 11.2. The molecule has 138 valence electrons. The van der Waals surface area contributed by atoms with Gasteiger partial charge in [-0.3, -0.25) is 4.79 Å². The van der Waals surface area contributed by atoms with Gasteiger partial charge in [0.15, 0.2) is 11.5 Å². The maximum absolute atomic E-state index is 13.0. The number of ether oxygens (including phenoxy) is 2. The number of carbonyl (C=O) groups excluding carboxylic acids is 1. The van der Waals surface area contributed by atoms with Crippen molar-refractivity contribution in [1.82, 2.24) is 4.90 Å². The predicted molar refractivity (Wildman–Crippen MR) is 106 cm³/mol. The van der Waals surface area contributed by atoms with Crippen molar-refractivity contribution >= 4 is 16.7 Å². The van der Waals surface area contributed by atoms with Gasteiger partial charge >= 0.3 is 0 Å². The zero-order valence-corrected chi connectivity index (χ0v) is 15.5. The molecule has 0 saturated heterocycles. The van der Waals surface area contributed by atoms with Crippen LogP contribution >= 0.6 is 0 Å². The van der Waals surface area contributed by atoms with Gasteiger partial charge in [-0.15, -0.1) is 0 Å². The highest BCUT2D eigenvalue weighted by atomic mass is 16.6. The first-order valence-corrected chi connectivity index (χ1v) is 9.37. The molecular weight excluding hydrogens is 338 g/mol. The minimum atomic E-state index is 0.128. The molecule has 0 fully saturated rings. The van der Waals surface area contributed by atoms with Gasteiger partial charge in [0.05, 0.1) is 6.42 Å². The summed E-state index contributed by atoms with van der Waals surface area (Å²) in [5.41, 5.74) is 2.12. The lowest BCUT2D eigenvalue weighted by molar-refractivity contribution is -0.130. The highest BCUT2D eigenvalue weighted by Crippen LogP contribution is 2.31. The average Bonchev–Trinajstić information content (AvgIpc) is 2.72. The standard InChI is InChI=1S/C23H23NO3/c1-2-24(16-17-10-11-21-22(14-17)27-13-12-26-21)23(25)15-19-8-5-7-18-6-3-4-9-20(18)19/h3-11,14H,2,12-13,15-16H2,1H3. The number of fused-ring (bicyclic) bond motifs is 2. The number of hydrogen-bond acceptors (Lipinski definition) is 3. The van der Waals surface area contributed by atoms with Crippen molar-refractivity contribution in [2.75, 3.05) is 19.8 Å². The third-order valence-corrected chi connectivity index (χ3v) is 4.94. The van der Waals surface area contributed by atoms with Gasteiger partial charge in [-0.1, -0.05) is 48.5 Å². The van der Waals surface area contributed by atoms with E-state index in [1.165, 1.54) is 0 Å². The second kappa shape index (κ2) is 7.70. The molecule has 0 unspecified atom stereocenters. The van der Waals surface area contributed by atoms with E-state index in [2.05, 4.69) is 18.2 Å². The second-order valence-corrected chi connectivity index (χ2v) is 6.70. The molecule has 4 rings (SSSR count). The number of carbonyl (C=O) groups is 1. The minimum Gasteiger partial charge on any atom is -0.486 e. The van der Waals surface area contributed by atoms with Gasteiger partial charge in [0.2, 0.25) is 5.91 Å². The van der Waals surface area contributed by atoms with Crippen LogP contribution in [0.5, 0.6) is 11.5 Å². The maximum Gasteiger partial charge on any atom is 0.227 e. The molecule has 4 heteroatoms. The maximum atomic E-state index is 13.0. The molecule has 0 N–H and O–H groups in total. The molecule has 1 amide bonds. The number of rotatable bonds is 5. The fourth-order valence-electron chi connectivity index (χ4n) is 3.50. The lowest BCUT2D eigenvalue weighted by Gasteiger charge is -2.23. The van der Waals surface area contributed by atoms with E-state index in [1.807, 2.05) is 54.3 Å². The van der Waals surface area contributed by atoms with Gasteiger partial charge in [-0.25, -0.2) is 0 Å². The van der Waals surface area contributed by atoms with Gasteiger partial charge in [-0.2, -0.15) is 0 Å². The molecule has 1 aliphatic rings. The fourth-order valence-corrected chi connectivity index (χ4v) is 3.50. The van der Waals surface area contributed by atoms with Crippen LogP contribution in [0.15, 0.2) is 60.7 Å². The Kier molecular flexibility index (Phi) is 4.97. The van der Waals surface area contributed by atoms with Crippen molar-refractivity contribution in [3.63, 3.8) is 0 Å². The van der Waals surface area contributed by atoms with Crippen LogP contribution in [-0.4, -0.2) is 30.6 Å². The largest absolute Gasteiger partial charge is 0.486 e. The topological polar surface area (TPSA) is 38.8 Å². The van der Waals surface area contributed by atoms with Crippen LogP contribution in [0.4, 0.5) is 0 Å². The number of amides is 1. The summed E-state index contributed by atoms with van der Waals surface area (Å²) in [7, 11) is 0. The van der Waals surface area contributed by atoms with E-state index < -0.39 is 0 Å². The van der Waals surface area contributed by atoms with E-state index in [0.717, 1.165) is 33.4 Å². The fraction of sp³-hybridized carbons (Fsp3) is 0.261. The van der Waals surface area contributed by atoms with E-state index >= 15 is 0 Å². The Morgan fingerprint density at radius 1 is 0.963 bits per heavy atom. The number of nitrogens with zero attached hydrogens (tertiary/aromatic N) is 1. The Morgan fingerprint density at radius 2 is 1.74 bits per heavy atom. The Balaban J connectivity index is 1.51. The molecule has 0 atom stereocenters. The van der Waals surface area contributed by atoms with Crippen molar-refractivity contribution < 1.29 is 14.3 Å². The van der Waals surface area contributed by atoms with Gasteiger partial charge < -0.3 is 14.4 Å². The molecule has 27 heavy (non-hydrogen) atoms. The van der Waals surface area contributed by atoms with Gasteiger partial charge in [0.1, 0.15) is 13.2 Å². The molecular formula is C23H23NO3. The van der Waals surface area contributed by atoms with Crippen LogP contribution in [0.25, 0.3) is 10.8 Å². The van der Waals surface area contributed by atoms with Crippen LogP contribution < -0.4 is 9.47 Å². The molecule has 1 heterocycles. The van der Waals surface area contributed by atoms with Gasteiger partial charge in [0.25, 0.3) is 0 Å². The first-order valence-electron chi connectivity index (χ1n) is 9.37. The highest BCUT2D eigenvalue weighted by Gasteiger charge is 2.17. The minimum absolute atomic E-state index is 0.128. The summed E-state index contributed by atoms with van der Waals surface area (Å²) in [6.45, 7) is 4.39. The summed E-state index contributed by atoms with van der Waals surface area (Å²) in [5, 5.41) is 2.31. The van der Waals surface area contributed by atoms with Crippen LogP contribution in [-0.2, 0) is 17.8 Å². The normalized spacial score (nSPS) is 12.8. The monoisotopic (exact) mass is 361 g/mol. The van der Waals surface area contributed by atoms with Crippen LogP contribution in [0.3, 0.4) is 0 Å². The van der Waals surface area contributed by atoms with Crippen LogP contribution in [0, 0.1) is 0 Å². The van der Waals surface area contributed by atoms with E-state index in [0.29, 0.717) is 32.7 Å². The number of hydrogen-bond donors (Lipinski definition) is 0. The molecule has 3 aromatic carbocycles. The summed E-state index contributed by atoms with van der Waals surface area (Å²) in [6.07, 6.45) is 0.403. The van der Waals surface area contributed by atoms with Crippen molar-refractivity contribution in [2.45, 2.75) is 19.9 Å². The number of benzene rings is 3. The predicted octanol–water partition coefficient (Wildman–Crippen LogP) is 4.20. The van der Waals surface area contributed by atoms with E-state index in [-0.39, 0.29) is 5.91 Å². The first kappa shape index (κ1) is 17.4. The third-order valence-electron chi connectivity index (χ3n) is 4.94. The molecule has 1 aliphatic heterocycles. The van der Waals surface area contributed by atoms with Crippen molar-refractivity contribution in [3.05, 3.63) is 71.8 Å². The molecule has 4 nitrogen and oxygen atoms in total. The first-order chi connectivity index (χ1) is 13.2. The zero-order chi connectivity index (χ0) is 18.6. The van der Waals surface area contributed by atoms with Crippen LogP contribution in [0.2, 0.25) is 0 Å². The molecule has 0 saturated carbocycles. The smallest absolute Gasteiger partial charge is 0.227 e. The van der Waals surface area contributed by atoms with E-state index in [4.69, 9.17) is 9.47 Å².